The van der Waals surface area contributed by atoms with Crippen molar-refractivity contribution >= 4 is 5.82 Å². The number of rotatable bonds is 3. The summed E-state index contributed by atoms with van der Waals surface area (Å²) in [5, 5.41) is 0. The molecule has 1 aromatic heterocycles. The Kier molecular flexibility index (Phi) is 3.60. The molecule has 0 saturated heterocycles. The van der Waals surface area contributed by atoms with Crippen LogP contribution in [-0.2, 0) is 6.42 Å². The summed E-state index contributed by atoms with van der Waals surface area (Å²) in [6.45, 7) is 0. The molecule has 17 heavy (non-hydrogen) atoms. The first-order valence-corrected chi connectivity index (χ1v) is 6.13. The first-order valence-electron chi connectivity index (χ1n) is 6.13. The Morgan fingerprint density at radius 3 is 3.00 bits per heavy atom. The van der Waals surface area contributed by atoms with Crippen LogP contribution in [0.4, 0.5) is 14.6 Å². The maximum Gasteiger partial charge on any atom is 0.248 e. The van der Waals surface area contributed by atoms with Gasteiger partial charge in [0.05, 0.1) is 0 Å². The Morgan fingerprint density at radius 2 is 2.29 bits per heavy atom. The molecule has 0 radical (unpaired) electrons. The SMILES string of the molecule is Nc1cc(CCC2CCCC(F)(F)C2)ccn1. The molecule has 1 saturated carbocycles. The molecule has 94 valence electrons. The molecule has 0 spiro atoms. The van der Waals surface area contributed by atoms with Gasteiger partial charge in [-0.2, -0.15) is 0 Å². The molecular weight excluding hydrogens is 222 g/mol. The van der Waals surface area contributed by atoms with E-state index in [2.05, 4.69) is 4.98 Å². The minimum Gasteiger partial charge on any atom is -0.384 e. The van der Waals surface area contributed by atoms with Crippen LogP contribution in [0, 0.1) is 5.92 Å². The third-order valence-electron chi connectivity index (χ3n) is 3.43. The van der Waals surface area contributed by atoms with Gasteiger partial charge in [0.25, 0.3) is 0 Å². The highest BCUT2D eigenvalue weighted by Crippen LogP contribution is 2.38. The van der Waals surface area contributed by atoms with Gasteiger partial charge >= 0.3 is 0 Å². The number of aromatic nitrogens is 1. The number of pyridine rings is 1. The molecule has 1 aliphatic rings. The van der Waals surface area contributed by atoms with E-state index >= 15 is 0 Å². The number of hydrogen-bond donors (Lipinski definition) is 1. The van der Waals surface area contributed by atoms with Crippen molar-refractivity contribution in [1.29, 1.82) is 0 Å². The Hall–Kier alpha value is -1.19. The van der Waals surface area contributed by atoms with Crippen LogP contribution in [0.2, 0.25) is 0 Å². The average Bonchev–Trinajstić information content (AvgIpc) is 2.25. The van der Waals surface area contributed by atoms with Crippen LogP contribution in [0.3, 0.4) is 0 Å². The molecule has 0 aromatic carbocycles. The van der Waals surface area contributed by atoms with Crippen molar-refractivity contribution in [2.45, 2.75) is 44.4 Å². The summed E-state index contributed by atoms with van der Waals surface area (Å²) in [7, 11) is 0. The number of hydrogen-bond acceptors (Lipinski definition) is 2. The quantitative estimate of drug-likeness (QED) is 0.879. The van der Waals surface area contributed by atoms with Crippen molar-refractivity contribution in [2.75, 3.05) is 5.73 Å². The zero-order chi connectivity index (χ0) is 12.3. The van der Waals surface area contributed by atoms with E-state index in [0.717, 1.165) is 24.8 Å². The summed E-state index contributed by atoms with van der Waals surface area (Å²) in [4.78, 5) is 3.92. The zero-order valence-electron chi connectivity index (χ0n) is 9.83. The molecule has 2 nitrogen and oxygen atoms in total. The fourth-order valence-electron chi connectivity index (χ4n) is 2.54. The van der Waals surface area contributed by atoms with Crippen LogP contribution < -0.4 is 5.73 Å². The Bertz CT molecular complexity index is 379. The number of halogens is 2. The van der Waals surface area contributed by atoms with Gasteiger partial charge in [0.1, 0.15) is 5.82 Å². The third-order valence-corrected chi connectivity index (χ3v) is 3.43. The molecule has 0 amide bonds. The lowest BCUT2D eigenvalue weighted by molar-refractivity contribution is -0.0534. The molecule has 1 heterocycles. The van der Waals surface area contributed by atoms with Crippen LogP contribution in [0.25, 0.3) is 0 Å². The van der Waals surface area contributed by atoms with Gasteiger partial charge in [0.2, 0.25) is 5.92 Å². The van der Waals surface area contributed by atoms with Crippen LogP contribution in [-0.4, -0.2) is 10.9 Å². The summed E-state index contributed by atoms with van der Waals surface area (Å²) in [6.07, 6.45) is 4.98. The average molecular weight is 240 g/mol. The van der Waals surface area contributed by atoms with Crippen molar-refractivity contribution in [3.05, 3.63) is 23.9 Å². The van der Waals surface area contributed by atoms with Crippen molar-refractivity contribution in [1.82, 2.24) is 4.98 Å². The van der Waals surface area contributed by atoms with Crippen molar-refractivity contribution in [2.24, 2.45) is 5.92 Å². The molecule has 4 heteroatoms. The van der Waals surface area contributed by atoms with Gasteiger partial charge in [-0.05, 0) is 42.9 Å². The molecule has 0 bridgehead atoms. The van der Waals surface area contributed by atoms with E-state index in [0.29, 0.717) is 12.2 Å². The van der Waals surface area contributed by atoms with E-state index in [4.69, 9.17) is 5.73 Å². The van der Waals surface area contributed by atoms with Crippen molar-refractivity contribution in [3.63, 3.8) is 0 Å². The fourth-order valence-corrected chi connectivity index (χ4v) is 2.54. The van der Waals surface area contributed by atoms with Gasteiger partial charge in [-0.3, -0.25) is 0 Å². The van der Waals surface area contributed by atoms with E-state index in [1.165, 1.54) is 0 Å². The summed E-state index contributed by atoms with van der Waals surface area (Å²) in [5.74, 6) is -1.80. The monoisotopic (exact) mass is 240 g/mol. The summed E-state index contributed by atoms with van der Waals surface area (Å²) >= 11 is 0. The predicted octanol–water partition coefficient (Wildman–Crippen LogP) is 3.42. The molecule has 1 unspecified atom stereocenters. The Morgan fingerprint density at radius 1 is 1.47 bits per heavy atom. The molecule has 2 rings (SSSR count). The summed E-state index contributed by atoms with van der Waals surface area (Å²) in [5.41, 5.74) is 6.67. The third kappa shape index (κ3) is 3.65. The smallest absolute Gasteiger partial charge is 0.248 e. The number of nitrogens with two attached hydrogens (primary N) is 1. The van der Waals surface area contributed by atoms with Gasteiger partial charge in [0, 0.05) is 19.0 Å². The second-order valence-corrected chi connectivity index (χ2v) is 4.95. The predicted molar refractivity (Wildman–Crippen MR) is 63.9 cm³/mol. The molecule has 1 aliphatic carbocycles. The molecule has 1 atom stereocenters. The minimum atomic E-state index is -2.44. The lowest BCUT2D eigenvalue weighted by Gasteiger charge is -2.28. The zero-order valence-corrected chi connectivity index (χ0v) is 9.83. The van der Waals surface area contributed by atoms with Gasteiger partial charge in [-0.15, -0.1) is 0 Å². The van der Waals surface area contributed by atoms with Crippen LogP contribution >= 0.6 is 0 Å². The van der Waals surface area contributed by atoms with Crippen LogP contribution in [0.5, 0.6) is 0 Å². The normalized spacial score (nSPS) is 23.5. The van der Waals surface area contributed by atoms with Crippen molar-refractivity contribution in [3.8, 4) is 0 Å². The van der Waals surface area contributed by atoms with E-state index < -0.39 is 5.92 Å². The highest BCUT2D eigenvalue weighted by atomic mass is 19.3. The fraction of sp³-hybridized carbons (Fsp3) is 0.615. The van der Waals surface area contributed by atoms with E-state index in [9.17, 15) is 8.78 Å². The van der Waals surface area contributed by atoms with Crippen molar-refractivity contribution < 1.29 is 8.78 Å². The van der Waals surface area contributed by atoms with Gasteiger partial charge in [-0.25, -0.2) is 13.8 Å². The first kappa shape index (κ1) is 12.3. The Labute approximate surface area is 100 Å². The number of anilines is 1. The number of nitrogen functional groups attached to an aromatic ring is 1. The van der Waals surface area contributed by atoms with Gasteiger partial charge < -0.3 is 5.73 Å². The second-order valence-electron chi connectivity index (χ2n) is 4.95. The topological polar surface area (TPSA) is 38.9 Å². The molecule has 2 N–H and O–H groups in total. The van der Waals surface area contributed by atoms with Gasteiger partial charge in [0.15, 0.2) is 0 Å². The van der Waals surface area contributed by atoms with E-state index in [-0.39, 0.29) is 18.8 Å². The first-order chi connectivity index (χ1) is 8.05. The van der Waals surface area contributed by atoms with E-state index in [1.54, 1.807) is 6.20 Å². The number of aryl methyl sites for hydroxylation is 1. The minimum absolute atomic E-state index is 0.0492. The largest absolute Gasteiger partial charge is 0.384 e. The number of alkyl halides is 2. The Balaban J connectivity index is 1.86. The van der Waals surface area contributed by atoms with E-state index in [1.807, 2.05) is 12.1 Å². The molecular formula is C13H18F2N2. The maximum absolute atomic E-state index is 13.2. The molecule has 0 aliphatic heterocycles. The highest BCUT2D eigenvalue weighted by molar-refractivity contribution is 5.31. The highest BCUT2D eigenvalue weighted by Gasteiger charge is 2.35. The molecule has 1 aromatic rings. The number of nitrogens with zero attached hydrogens (tertiary/aromatic N) is 1. The summed E-state index contributed by atoms with van der Waals surface area (Å²) in [6, 6.07) is 3.72. The lowest BCUT2D eigenvalue weighted by atomic mass is 9.83. The maximum atomic E-state index is 13.2. The van der Waals surface area contributed by atoms with Crippen LogP contribution in [0.15, 0.2) is 18.3 Å². The molecule has 1 fully saturated rings. The standard InChI is InChI=1S/C13H18F2N2/c14-13(15)6-1-2-11(9-13)4-3-10-5-7-17-12(16)8-10/h5,7-8,11H,1-4,6,9H2,(H2,16,17). The van der Waals surface area contributed by atoms with Gasteiger partial charge in [-0.1, -0.05) is 6.42 Å². The lowest BCUT2D eigenvalue weighted by Crippen LogP contribution is -2.26. The second kappa shape index (κ2) is 4.98. The van der Waals surface area contributed by atoms with Crippen LogP contribution in [0.1, 0.15) is 37.7 Å². The summed E-state index contributed by atoms with van der Waals surface area (Å²) < 4.78 is 26.4.